The van der Waals surface area contributed by atoms with Crippen molar-refractivity contribution in [2.45, 2.75) is 40.4 Å². The molecular formula is C30H30BrN3O6. The van der Waals surface area contributed by atoms with E-state index in [0.717, 1.165) is 17.1 Å². The molecule has 2 aromatic heterocycles. The molecule has 2 heterocycles. The van der Waals surface area contributed by atoms with Gasteiger partial charge in [-0.3, -0.25) is 4.79 Å². The van der Waals surface area contributed by atoms with Gasteiger partial charge in [0.1, 0.15) is 23.9 Å². The molecule has 0 saturated carbocycles. The molecule has 4 aromatic rings. The number of nitrogens with one attached hydrogen (secondary N) is 1. The molecule has 0 bridgehead atoms. The fraction of sp³-hybridized carbons (Fsp3) is 0.233. The molecule has 208 valence electrons. The molecule has 4 rings (SSSR count). The van der Waals surface area contributed by atoms with Gasteiger partial charge < -0.3 is 23.2 Å². The number of furan rings is 1. The first-order valence-corrected chi connectivity index (χ1v) is 13.5. The molecule has 1 N–H and O–H groups in total. The Bertz CT molecular complexity index is 1490. The van der Waals surface area contributed by atoms with Gasteiger partial charge >= 0.3 is 11.9 Å². The van der Waals surface area contributed by atoms with Crippen molar-refractivity contribution in [3.63, 3.8) is 0 Å². The lowest BCUT2D eigenvalue weighted by molar-refractivity contribution is -0.150. The minimum Gasteiger partial charge on any atom is -0.486 e. The lowest BCUT2D eigenvalue weighted by atomic mass is 10.2. The average Bonchev–Trinajstić information content (AvgIpc) is 3.55. The Kier molecular flexibility index (Phi) is 9.44. The summed E-state index contributed by atoms with van der Waals surface area (Å²) in [6.07, 6.45) is 0.733. The van der Waals surface area contributed by atoms with Crippen LogP contribution in [0.4, 0.5) is 0 Å². The number of rotatable bonds is 11. The van der Waals surface area contributed by atoms with Gasteiger partial charge in [-0.25, -0.2) is 10.2 Å². The minimum atomic E-state index is -0.747. The smallest absolute Gasteiger partial charge is 0.347 e. The lowest BCUT2D eigenvalue weighted by Gasteiger charge is -2.14. The third kappa shape index (κ3) is 7.20. The van der Waals surface area contributed by atoms with Crippen LogP contribution in [0, 0.1) is 13.8 Å². The van der Waals surface area contributed by atoms with Gasteiger partial charge in [0.25, 0.3) is 0 Å². The molecule has 40 heavy (non-hydrogen) atoms. The third-order valence-electron chi connectivity index (χ3n) is 5.89. The number of carbonyl (C=O) groups excluding carboxylic acids is 2. The molecule has 10 heteroatoms. The highest BCUT2D eigenvalue weighted by atomic mass is 79.9. The molecule has 0 radical (unpaired) electrons. The van der Waals surface area contributed by atoms with E-state index in [0.29, 0.717) is 27.3 Å². The van der Waals surface area contributed by atoms with Crippen LogP contribution < -0.4 is 14.9 Å². The molecule has 9 nitrogen and oxygen atoms in total. The highest BCUT2D eigenvalue weighted by Crippen LogP contribution is 2.27. The first-order chi connectivity index (χ1) is 19.2. The Hall–Kier alpha value is -4.31. The quantitative estimate of drug-likeness (QED) is 0.125. The number of nitrogens with zero attached hydrogens (tertiary/aromatic N) is 2. The van der Waals surface area contributed by atoms with Gasteiger partial charge in [-0.15, -0.1) is 0 Å². The van der Waals surface area contributed by atoms with Gasteiger partial charge in [0.2, 0.25) is 0 Å². The molecule has 0 aliphatic carbocycles. The number of amides is 1. The molecular weight excluding hydrogens is 578 g/mol. The molecule has 0 saturated heterocycles. The van der Waals surface area contributed by atoms with Crippen LogP contribution in [0.15, 0.2) is 80.7 Å². The van der Waals surface area contributed by atoms with Crippen molar-refractivity contribution in [2.75, 3.05) is 6.61 Å². The number of halogens is 1. The van der Waals surface area contributed by atoms with E-state index in [-0.39, 0.29) is 19.0 Å². The fourth-order valence-corrected chi connectivity index (χ4v) is 4.40. The van der Waals surface area contributed by atoms with E-state index < -0.39 is 18.0 Å². The van der Waals surface area contributed by atoms with Gasteiger partial charge in [-0.05, 0) is 116 Å². The van der Waals surface area contributed by atoms with Crippen molar-refractivity contribution in [1.29, 1.82) is 0 Å². The number of hydrogen-bond acceptors (Lipinski definition) is 7. The second-order valence-electron chi connectivity index (χ2n) is 8.90. The highest BCUT2D eigenvalue weighted by Gasteiger charge is 2.17. The molecule has 0 spiro atoms. The zero-order valence-electron chi connectivity index (χ0n) is 22.6. The van der Waals surface area contributed by atoms with Gasteiger partial charge in [0.05, 0.1) is 17.3 Å². The summed E-state index contributed by atoms with van der Waals surface area (Å²) in [6, 6.07) is 20.4. The summed E-state index contributed by atoms with van der Waals surface area (Å²) in [5.74, 6) is 0.856. The summed E-state index contributed by atoms with van der Waals surface area (Å²) in [6.45, 7) is 7.94. The van der Waals surface area contributed by atoms with Crippen LogP contribution in [0.3, 0.4) is 0 Å². The Morgan fingerprint density at radius 3 is 2.45 bits per heavy atom. The van der Waals surface area contributed by atoms with Crippen LogP contribution in [0.5, 0.6) is 11.5 Å². The number of aryl methyl sites for hydroxylation is 2. The van der Waals surface area contributed by atoms with Crippen molar-refractivity contribution in [2.24, 2.45) is 5.10 Å². The fourth-order valence-electron chi connectivity index (χ4n) is 3.91. The van der Waals surface area contributed by atoms with E-state index in [4.69, 9.17) is 18.6 Å². The van der Waals surface area contributed by atoms with Gasteiger partial charge in [-0.2, -0.15) is 5.10 Å². The predicted molar refractivity (Wildman–Crippen MR) is 154 cm³/mol. The van der Waals surface area contributed by atoms with Crippen LogP contribution in [0.1, 0.15) is 47.1 Å². The van der Waals surface area contributed by atoms with E-state index in [9.17, 15) is 9.59 Å². The number of esters is 1. The van der Waals surface area contributed by atoms with E-state index in [1.807, 2.05) is 24.3 Å². The van der Waals surface area contributed by atoms with Crippen LogP contribution in [0.2, 0.25) is 0 Å². The van der Waals surface area contributed by atoms with E-state index in [2.05, 4.69) is 57.0 Å². The van der Waals surface area contributed by atoms with Crippen molar-refractivity contribution < 1.29 is 28.2 Å². The predicted octanol–water partition coefficient (Wildman–Crippen LogP) is 6.12. The first-order valence-electron chi connectivity index (χ1n) is 12.7. The molecule has 2 aromatic carbocycles. The minimum absolute atomic E-state index is 0.113. The number of carbonyl (C=O) groups is 2. The number of hydrogen-bond donors (Lipinski definition) is 1. The zero-order chi connectivity index (χ0) is 28.6. The van der Waals surface area contributed by atoms with Crippen LogP contribution in [-0.4, -0.2) is 35.4 Å². The van der Waals surface area contributed by atoms with Gasteiger partial charge in [-0.1, -0.05) is 0 Å². The van der Waals surface area contributed by atoms with Gasteiger partial charge in [0.15, 0.2) is 11.9 Å². The number of benzene rings is 2. The maximum atomic E-state index is 12.5. The monoisotopic (exact) mass is 607 g/mol. The van der Waals surface area contributed by atoms with Crippen LogP contribution in [-0.2, 0) is 16.1 Å². The Labute approximate surface area is 240 Å². The Balaban J connectivity index is 1.27. The Morgan fingerprint density at radius 1 is 1.05 bits per heavy atom. The largest absolute Gasteiger partial charge is 0.486 e. The first kappa shape index (κ1) is 28.7. The topological polar surface area (TPSA) is 104 Å². The molecule has 1 amide bonds. The Morgan fingerprint density at radius 2 is 1.77 bits per heavy atom. The average molecular weight is 608 g/mol. The summed E-state index contributed by atoms with van der Waals surface area (Å²) in [5.41, 5.74) is 6.53. The van der Waals surface area contributed by atoms with E-state index in [1.165, 1.54) is 6.21 Å². The lowest BCUT2D eigenvalue weighted by Crippen LogP contribution is -2.26. The molecule has 1 atom stereocenters. The van der Waals surface area contributed by atoms with E-state index in [1.54, 1.807) is 44.2 Å². The summed E-state index contributed by atoms with van der Waals surface area (Å²) in [7, 11) is 0. The standard InChI is InChI=1S/C30H30BrN3O6/c1-5-37-30(36)21(4)39-27-14-8-22(16-26(27)31)17-32-33-29(35)28-15-13-25(40-28)18-38-24-11-9-23(10-12-24)34-19(2)6-7-20(34)3/h6-17,21H,5,18H2,1-4H3,(H,33,35)/b32-17+/t21-/m1/s1. The summed E-state index contributed by atoms with van der Waals surface area (Å²) in [5, 5.41) is 3.99. The molecule has 0 aliphatic heterocycles. The summed E-state index contributed by atoms with van der Waals surface area (Å²) < 4.78 is 24.8. The van der Waals surface area contributed by atoms with E-state index >= 15 is 0 Å². The van der Waals surface area contributed by atoms with Crippen LogP contribution >= 0.6 is 15.9 Å². The van der Waals surface area contributed by atoms with Crippen molar-refractivity contribution in [3.8, 4) is 17.2 Å². The summed E-state index contributed by atoms with van der Waals surface area (Å²) >= 11 is 3.42. The maximum absolute atomic E-state index is 12.5. The van der Waals surface area contributed by atoms with Crippen LogP contribution in [0.25, 0.3) is 5.69 Å². The number of aromatic nitrogens is 1. The second-order valence-corrected chi connectivity index (χ2v) is 9.76. The third-order valence-corrected chi connectivity index (χ3v) is 6.51. The van der Waals surface area contributed by atoms with Crippen molar-refractivity contribution >= 4 is 34.0 Å². The van der Waals surface area contributed by atoms with Gasteiger partial charge in [0, 0.05) is 17.1 Å². The molecule has 0 aliphatic rings. The second kappa shape index (κ2) is 13.2. The maximum Gasteiger partial charge on any atom is 0.347 e. The normalized spacial score (nSPS) is 11.8. The zero-order valence-corrected chi connectivity index (χ0v) is 24.2. The molecule has 0 fully saturated rings. The molecule has 0 unspecified atom stereocenters. The number of ether oxygens (including phenoxy) is 3. The summed E-state index contributed by atoms with van der Waals surface area (Å²) in [4.78, 5) is 24.2. The SMILES string of the molecule is CCOC(=O)[C@@H](C)Oc1ccc(/C=N/NC(=O)c2ccc(COc3ccc(-n4c(C)ccc4C)cc3)o2)cc1Br. The highest BCUT2D eigenvalue weighted by molar-refractivity contribution is 9.10. The van der Waals surface area contributed by atoms with Crippen molar-refractivity contribution in [3.05, 3.63) is 99.7 Å². The number of hydrazone groups is 1. The van der Waals surface area contributed by atoms with Crippen molar-refractivity contribution in [1.82, 2.24) is 9.99 Å².